The van der Waals surface area contributed by atoms with E-state index in [2.05, 4.69) is 5.32 Å². The molecule has 0 aliphatic heterocycles. The fourth-order valence-electron chi connectivity index (χ4n) is 1.99. The van der Waals surface area contributed by atoms with Gasteiger partial charge in [0.1, 0.15) is 12.2 Å². The van der Waals surface area contributed by atoms with Crippen LogP contribution in [0, 0.1) is 17.1 Å². The van der Waals surface area contributed by atoms with Gasteiger partial charge in [-0.3, -0.25) is 4.79 Å². The fraction of sp³-hybridized carbons (Fsp3) is 0.385. The summed E-state index contributed by atoms with van der Waals surface area (Å²) in [6, 6.07) is 8.45. The van der Waals surface area contributed by atoms with Crippen LogP contribution in [-0.2, 0) is 10.2 Å². The van der Waals surface area contributed by atoms with Crippen molar-refractivity contribution in [3.8, 4) is 6.07 Å². The van der Waals surface area contributed by atoms with Crippen LogP contribution in [0.3, 0.4) is 0 Å². The Balaban J connectivity index is 2.04. The third-order valence-corrected chi connectivity index (χ3v) is 3.16. The first-order valence-electron chi connectivity index (χ1n) is 5.57. The summed E-state index contributed by atoms with van der Waals surface area (Å²) in [4.78, 5) is 11.2. The second kappa shape index (κ2) is 4.54. The van der Waals surface area contributed by atoms with Crippen molar-refractivity contribution in [3.05, 3.63) is 35.6 Å². The van der Waals surface area contributed by atoms with Gasteiger partial charge in [0.2, 0.25) is 5.91 Å². The Morgan fingerprint density at radius 3 is 2.76 bits per heavy atom. The molecule has 1 aliphatic carbocycles. The smallest absolute Gasteiger partial charge is 0.234 e. The van der Waals surface area contributed by atoms with Gasteiger partial charge in [-0.1, -0.05) is 18.2 Å². The molecule has 1 amide bonds. The quantitative estimate of drug-likeness (QED) is 0.861. The van der Waals surface area contributed by atoms with E-state index in [9.17, 15) is 9.18 Å². The lowest BCUT2D eigenvalue weighted by Crippen LogP contribution is -2.32. The molecule has 0 atom stereocenters. The largest absolute Gasteiger partial charge is 0.354 e. The van der Waals surface area contributed by atoms with Gasteiger partial charge in [-0.2, -0.15) is 5.26 Å². The third kappa shape index (κ3) is 2.44. The highest BCUT2D eigenvalue weighted by Crippen LogP contribution is 2.48. The number of amides is 1. The number of hydrogen-bond acceptors (Lipinski definition) is 2. The molecule has 2 rings (SSSR count). The van der Waals surface area contributed by atoms with Crippen LogP contribution in [0.4, 0.5) is 4.39 Å². The molecule has 1 aromatic rings. The lowest BCUT2D eigenvalue weighted by atomic mass is 9.95. The van der Waals surface area contributed by atoms with Gasteiger partial charge in [0.05, 0.1) is 6.07 Å². The molecular weight excluding hydrogens is 219 g/mol. The van der Waals surface area contributed by atoms with E-state index in [-0.39, 0.29) is 23.6 Å². The minimum Gasteiger partial charge on any atom is -0.354 e. The first-order chi connectivity index (χ1) is 8.18. The van der Waals surface area contributed by atoms with Crippen LogP contribution in [0.15, 0.2) is 24.3 Å². The Bertz CT molecular complexity index is 475. The van der Waals surface area contributed by atoms with Gasteiger partial charge in [0.15, 0.2) is 0 Å². The van der Waals surface area contributed by atoms with Crippen LogP contribution in [0.1, 0.15) is 24.8 Å². The Labute approximate surface area is 99.2 Å². The van der Waals surface area contributed by atoms with Crippen molar-refractivity contribution >= 4 is 5.91 Å². The van der Waals surface area contributed by atoms with Crippen LogP contribution >= 0.6 is 0 Å². The van der Waals surface area contributed by atoms with Crippen LogP contribution in [0.25, 0.3) is 0 Å². The van der Waals surface area contributed by atoms with E-state index >= 15 is 0 Å². The van der Waals surface area contributed by atoms with E-state index < -0.39 is 0 Å². The van der Waals surface area contributed by atoms with E-state index in [1.165, 1.54) is 6.07 Å². The van der Waals surface area contributed by atoms with E-state index in [0.717, 1.165) is 12.8 Å². The molecule has 3 nitrogen and oxygen atoms in total. The monoisotopic (exact) mass is 232 g/mol. The van der Waals surface area contributed by atoms with Gasteiger partial charge >= 0.3 is 0 Å². The number of nitriles is 1. The predicted molar refractivity (Wildman–Crippen MR) is 60.6 cm³/mol. The maximum atomic E-state index is 13.6. The average molecular weight is 232 g/mol. The minimum atomic E-state index is -0.296. The molecule has 4 heteroatoms. The van der Waals surface area contributed by atoms with Crippen molar-refractivity contribution in [1.29, 1.82) is 5.26 Å². The molecule has 17 heavy (non-hydrogen) atoms. The van der Waals surface area contributed by atoms with Crippen molar-refractivity contribution in [2.75, 3.05) is 6.54 Å². The second-order valence-electron chi connectivity index (χ2n) is 4.37. The topological polar surface area (TPSA) is 52.9 Å². The highest BCUT2D eigenvalue weighted by molar-refractivity contribution is 5.78. The highest BCUT2D eigenvalue weighted by atomic mass is 19.1. The number of nitrogens with zero attached hydrogens (tertiary/aromatic N) is 1. The average Bonchev–Trinajstić information content (AvgIpc) is 3.09. The van der Waals surface area contributed by atoms with Crippen molar-refractivity contribution in [2.24, 2.45) is 0 Å². The summed E-state index contributed by atoms with van der Waals surface area (Å²) in [7, 11) is 0. The molecule has 0 aromatic heterocycles. The Hall–Kier alpha value is -1.89. The zero-order valence-corrected chi connectivity index (χ0v) is 9.37. The molecule has 1 saturated carbocycles. The number of rotatable bonds is 4. The minimum absolute atomic E-state index is 0.145. The first-order valence-corrected chi connectivity index (χ1v) is 5.57. The Morgan fingerprint density at radius 2 is 2.18 bits per heavy atom. The van der Waals surface area contributed by atoms with E-state index in [1.54, 1.807) is 24.3 Å². The van der Waals surface area contributed by atoms with Crippen LogP contribution in [0.2, 0.25) is 0 Å². The van der Waals surface area contributed by atoms with E-state index in [0.29, 0.717) is 12.1 Å². The molecule has 0 saturated heterocycles. The number of nitrogens with one attached hydrogen (secondary N) is 1. The first kappa shape index (κ1) is 11.6. The Kier molecular flexibility index (Phi) is 3.10. The molecule has 88 valence electrons. The van der Waals surface area contributed by atoms with Gasteiger partial charge in [0.25, 0.3) is 0 Å². The zero-order valence-electron chi connectivity index (χ0n) is 9.37. The van der Waals surface area contributed by atoms with Crippen LogP contribution < -0.4 is 5.32 Å². The summed E-state index contributed by atoms with van der Waals surface area (Å²) in [5.74, 6) is -0.519. The van der Waals surface area contributed by atoms with E-state index in [4.69, 9.17) is 5.26 Å². The van der Waals surface area contributed by atoms with Crippen molar-refractivity contribution in [2.45, 2.75) is 24.7 Å². The number of benzene rings is 1. The normalized spacial score (nSPS) is 16.0. The molecule has 1 aromatic carbocycles. The molecule has 0 heterocycles. The molecule has 1 aliphatic rings. The molecule has 0 spiro atoms. The number of hydrogen-bond donors (Lipinski definition) is 1. The molecular formula is C13H13FN2O. The van der Waals surface area contributed by atoms with Crippen molar-refractivity contribution in [3.63, 3.8) is 0 Å². The maximum Gasteiger partial charge on any atom is 0.234 e. The summed E-state index contributed by atoms with van der Waals surface area (Å²) < 4.78 is 13.6. The second-order valence-corrected chi connectivity index (χ2v) is 4.37. The lowest BCUT2D eigenvalue weighted by molar-refractivity contribution is -0.120. The third-order valence-electron chi connectivity index (χ3n) is 3.16. The maximum absolute atomic E-state index is 13.6. The molecule has 1 fully saturated rings. The van der Waals surface area contributed by atoms with Gasteiger partial charge < -0.3 is 5.32 Å². The number of carbonyl (C=O) groups is 1. The lowest BCUT2D eigenvalue weighted by Gasteiger charge is -2.16. The molecule has 1 N–H and O–H groups in total. The van der Waals surface area contributed by atoms with E-state index in [1.807, 2.05) is 0 Å². The summed E-state index contributed by atoms with van der Waals surface area (Å²) in [6.07, 6.45) is 1.61. The van der Waals surface area contributed by atoms with Crippen LogP contribution in [0.5, 0.6) is 0 Å². The molecule has 0 unspecified atom stereocenters. The SMILES string of the molecule is N#CCC(=O)NCC1(c2ccccc2F)CC1. The van der Waals surface area contributed by atoms with Gasteiger partial charge in [-0.25, -0.2) is 4.39 Å². The van der Waals surface area contributed by atoms with Crippen molar-refractivity contribution in [1.82, 2.24) is 5.32 Å². The number of halogens is 1. The summed E-state index contributed by atoms with van der Waals surface area (Å²) in [5.41, 5.74) is 0.411. The predicted octanol–water partition coefficient (Wildman–Crippen LogP) is 1.89. The van der Waals surface area contributed by atoms with Crippen molar-refractivity contribution < 1.29 is 9.18 Å². The highest BCUT2D eigenvalue weighted by Gasteiger charge is 2.45. The molecule has 0 bridgehead atoms. The zero-order chi connectivity index (χ0) is 12.3. The summed E-state index contributed by atoms with van der Waals surface area (Å²) >= 11 is 0. The van der Waals surface area contributed by atoms with Crippen LogP contribution in [-0.4, -0.2) is 12.5 Å². The fourth-order valence-corrected chi connectivity index (χ4v) is 1.99. The Morgan fingerprint density at radius 1 is 1.47 bits per heavy atom. The van der Waals surface area contributed by atoms with Gasteiger partial charge in [-0.15, -0.1) is 0 Å². The van der Waals surface area contributed by atoms with Gasteiger partial charge in [-0.05, 0) is 24.5 Å². The number of carbonyl (C=O) groups excluding carboxylic acids is 1. The molecule has 0 radical (unpaired) electrons. The summed E-state index contributed by atoms with van der Waals surface area (Å²) in [5, 5.41) is 11.1. The van der Waals surface area contributed by atoms with Gasteiger partial charge in [0, 0.05) is 12.0 Å². The summed E-state index contributed by atoms with van der Waals surface area (Å²) in [6.45, 7) is 0.411. The standard InChI is InChI=1S/C13H13FN2O/c14-11-4-2-1-3-10(11)13(6-7-13)9-16-12(17)5-8-15/h1-4H,5-7,9H2,(H,16,17).